The zero-order valence-corrected chi connectivity index (χ0v) is 48.0. The molecule has 0 aliphatic heterocycles. The van der Waals surface area contributed by atoms with Crippen molar-refractivity contribution in [1.82, 2.24) is 0 Å². The van der Waals surface area contributed by atoms with Crippen molar-refractivity contribution in [2.45, 2.75) is 259 Å². The molecule has 10 heteroatoms. The summed E-state index contributed by atoms with van der Waals surface area (Å²) in [5, 5.41) is 0. The Morgan fingerprint density at radius 3 is 1.43 bits per heavy atom. The minimum absolute atomic E-state index is 0.0491. The number of carbonyl (C=O) groups excluding carboxylic acids is 2. The van der Waals surface area contributed by atoms with Crippen LogP contribution in [0, 0.1) is 44.8 Å². The minimum atomic E-state index is -4.06. The highest BCUT2D eigenvalue weighted by molar-refractivity contribution is 7.85. The summed E-state index contributed by atoms with van der Waals surface area (Å²) in [4.78, 5) is 28.4. The average Bonchev–Trinajstić information content (AvgIpc) is 3.06. The van der Waals surface area contributed by atoms with E-state index >= 15 is 0 Å². The van der Waals surface area contributed by atoms with Crippen LogP contribution in [0.4, 0.5) is 0 Å². The normalized spacial score (nSPS) is 15.2. The van der Waals surface area contributed by atoms with Gasteiger partial charge in [0, 0.05) is 12.8 Å². The van der Waals surface area contributed by atoms with Gasteiger partial charge in [-0.15, -0.1) is 0 Å². The number of esters is 2. The maximum Gasteiger partial charge on any atom is 0.310 e. The van der Waals surface area contributed by atoms with Gasteiger partial charge in [0.25, 0.3) is 10.1 Å². The topological polar surface area (TPSA) is 125 Å². The fourth-order valence-corrected chi connectivity index (χ4v) is 7.93. The molecular formula is C55H104O9S. The Morgan fingerprint density at radius 1 is 0.600 bits per heavy atom. The number of hydrogen-bond donors (Lipinski definition) is 1. The lowest BCUT2D eigenvalue weighted by atomic mass is 9.54. The van der Waals surface area contributed by atoms with Crippen molar-refractivity contribution >= 4 is 22.1 Å². The molecule has 0 saturated carbocycles. The zero-order chi connectivity index (χ0) is 52.2. The molecule has 0 amide bonds. The van der Waals surface area contributed by atoms with Crippen LogP contribution in [-0.4, -0.2) is 60.0 Å². The van der Waals surface area contributed by atoms with Crippen LogP contribution in [0.2, 0.25) is 0 Å². The van der Waals surface area contributed by atoms with Gasteiger partial charge < -0.3 is 18.9 Å². The largest absolute Gasteiger partial charge is 0.459 e. The van der Waals surface area contributed by atoms with Gasteiger partial charge in [-0.1, -0.05) is 123 Å². The molecule has 9 nitrogen and oxygen atoms in total. The Kier molecular flexibility index (Phi) is 24.5. The fourth-order valence-electron chi connectivity index (χ4n) is 7.45. The van der Waals surface area contributed by atoms with Gasteiger partial charge in [0.2, 0.25) is 0 Å². The average molecular weight is 941 g/mol. The summed E-state index contributed by atoms with van der Waals surface area (Å²) in [5.41, 5.74) is -1.94. The van der Waals surface area contributed by atoms with Crippen molar-refractivity contribution in [3.8, 4) is 0 Å². The van der Waals surface area contributed by atoms with E-state index in [9.17, 15) is 18.0 Å². The van der Waals surface area contributed by atoms with Gasteiger partial charge >= 0.3 is 11.9 Å². The Hall–Kier alpha value is -2.01. The van der Waals surface area contributed by atoms with E-state index in [1.807, 2.05) is 90.0 Å². The van der Waals surface area contributed by atoms with Crippen LogP contribution in [0.25, 0.3) is 0 Å². The fraction of sp³-hybridized carbons (Fsp3) is 0.855. The Morgan fingerprint density at radius 2 is 1.05 bits per heavy atom. The van der Waals surface area contributed by atoms with Crippen molar-refractivity contribution in [1.29, 1.82) is 0 Å². The molecule has 0 aliphatic carbocycles. The first-order chi connectivity index (χ1) is 28.6. The summed E-state index contributed by atoms with van der Waals surface area (Å²) in [5.74, 6) is -0.775. The lowest BCUT2D eigenvalue weighted by Crippen LogP contribution is -2.49. The molecule has 384 valence electrons. The molecule has 0 fully saturated rings. The maximum atomic E-state index is 14.4. The number of ether oxygens (including phenoxy) is 4. The monoisotopic (exact) mass is 941 g/mol. The number of hydrogen-bond acceptors (Lipinski definition) is 8. The summed E-state index contributed by atoms with van der Waals surface area (Å²) < 4.78 is 55.2. The highest BCUT2D eigenvalue weighted by atomic mass is 32.2. The molecule has 3 atom stereocenters. The summed E-state index contributed by atoms with van der Waals surface area (Å²) >= 11 is 0. The molecule has 1 aromatic carbocycles. The molecule has 0 saturated heterocycles. The first kappa shape index (κ1) is 65.1. The molecule has 0 spiro atoms. The summed E-state index contributed by atoms with van der Waals surface area (Å²) in [6.07, 6.45) is 4.33. The molecule has 0 aliphatic rings. The Balaban J connectivity index is 0. The zero-order valence-electron chi connectivity index (χ0n) is 47.2. The van der Waals surface area contributed by atoms with E-state index in [0.29, 0.717) is 38.2 Å². The standard InChI is InChI=1S/C41H80O6.C12H18O3S.C2H6/c1-28(2)37(13,14)26-31(33(43)46-39(17,18)23-24-44-35(7,8)9)41(21,22)38(15,16)27-30(34(4,5)6)32(42)47-40(19,20)25-29(3)45-36(10,11)12;1-12(2,3)9-8-10-4-6-11(7-5-10)16(13,14)15;1-2/h28-31H,23-27H2,1-22H3;4-7H,8-9H2,1-3H3,(H,13,14,15);1-2H3. The van der Waals surface area contributed by atoms with E-state index in [1.165, 1.54) is 12.1 Å². The molecule has 0 heterocycles. The lowest BCUT2D eigenvalue weighted by Gasteiger charge is -2.51. The van der Waals surface area contributed by atoms with Crippen LogP contribution in [0.15, 0.2) is 29.2 Å². The van der Waals surface area contributed by atoms with Crippen LogP contribution in [0.1, 0.15) is 225 Å². The van der Waals surface area contributed by atoms with Gasteiger partial charge in [-0.25, -0.2) is 0 Å². The molecular weight excluding hydrogens is 837 g/mol. The van der Waals surface area contributed by atoms with Crippen LogP contribution >= 0.6 is 0 Å². The third-order valence-electron chi connectivity index (χ3n) is 12.9. The van der Waals surface area contributed by atoms with E-state index in [4.69, 9.17) is 23.5 Å². The molecule has 0 bridgehead atoms. The molecule has 1 N–H and O–H groups in total. The van der Waals surface area contributed by atoms with Crippen LogP contribution < -0.4 is 0 Å². The highest BCUT2D eigenvalue weighted by Gasteiger charge is 2.52. The van der Waals surface area contributed by atoms with Crippen molar-refractivity contribution in [3.63, 3.8) is 0 Å². The third kappa shape index (κ3) is 25.8. The van der Waals surface area contributed by atoms with E-state index in [-0.39, 0.29) is 62.2 Å². The minimum Gasteiger partial charge on any atom is -0.459 e. The van der Waals surface area contributed by atoms with Gasteiger partial charge in [0.1, 0.15) is 11.2 Å². The molecule has 1 rings (SSSR count). The van der Waals surface area contributed by atoms with Crippen molar-refractivity contribution in [2.24, 2.45) is 44.8 Å². The first-order valence-electron chi connectivity index (χ1n) is 24.5. The second-order valence-electron chi connectivity index (χ2n) is 26.1. The van der Waals surface area contributed by atoms with Crippen LogP contribution in [0.5, 0.6) is 0 Å². The van der Waals surface area contributed by atoms with Gasteiger partial charge in [0.05, 0.1) is 40.6 Å². The van der Waals surface area contributed by atoms with Gasteiger partial charge in [0.15, 0.2) is 0 Å². The summed E-state index contributed by atoms with van der Waals surface area (Å²) in [6.45, 7) is 57.1. The molecule has 0 aromatic heterocycles. The number of aryl methyl sites for hydroxylation is 1. The van der Waals surface area contributed by atoms with E-state index in [2.05, 4.69) is 96.9 Å². The highest BCUT2D eigenvalue weighted by Crippen LogP contribution is 2.54. The molecule has 0 radical (unpaired) electrons. The molecule has 65 heavy (non-hydrogen) atoms. The Labute approximate surface area is 402 Å². The predicted molar refractivity (Wildman–Crippen MR) is 273 cm³/mol. The van der Waals surface area contributed by atoms with Crippen molar-refractivity contribution < 1.29 is 41.5 Å². The van der Waals surface area contributed by atoms with Crippen molar-refractivity contribution in [3.05, 3.63) is 29.8 Å². The molecule has 1 aromatic rings. The van der Waals surface area contributed by atoms with E-state index < -0.39 is 32.2 Å². The van der Waals surface area contributed by atoms with Gasteiger partial charge in [-0.2, -0.15) is 8.42 Å². The summed E-state index contributed by atoms with van der Waals surface area (Å²) in [6, 6.07) is 6.37. The van der Waals surface area contributed by atoms with E-state index in [1.54, 1.807) is 12.1 Å². The lowest BCUT2D eigenvalue weighted by molar-refractivity contribution is -0.178. The van der Waals surface area contributed by atoms with Crippen LogP contribution in [-0.2, 0) is 45.1 Å². The quantitative estimate of drug-likeness (QED) is 0.100. The summed E-state index contributed by atoms with van der Waals surface area (Å²) in [7, 11) is -4.06. The van der Waals surface area contributed by atoms with Gasteiger partial charge in [-0.05, 0) is 153 Å². The SMILES string of the molecule is CC.CC(C)(C)CCc1ccc(S(=O)(=O)O)cc1.CC(CC(C)(C)OC(=O)C(CC(C)(C)C(C)(C)C(CC(C)(C)C(C)C)C(=O)OC(C)(C)CCOC(C)(C)C)C(C)(C)C)OC(C)(C)C. The van der Waals surface area contributed by atoms with E-state index in [0.717, 1.165) is 18.4 Å². The number of rotatable bonds is 20. The second kappa shape index (κ2) is 24.5. The van der Waals surface area contributed by atoms with Crippen LogP contribution in [0.3, 0.4) is 0 Å². The van der Waals surface area contributed by atoms with Crippen molar-refractivity contribution in [2.75, 3.05) is 6.61 Å². The Bertz CT molecular complexity index is 1670. The first-order valence-corrected chi connectivity index (χ1v) is 25.9. The number of carbonyl (C=O) groups is 2. The maximum absolute atomic E-state index is 14.4. The molecule has 3 unspecified atom stereocenters. The smallest absolute Gasteiger partial charge is 0.310 e. The second-order valence-corrected chi connectivity index (χ2v) is 27.5. The predicted octanol–water partition coefficient (Wildman–Crippen LogP) is 15.2. The van der Waals surface area contributed by atoms with Gasteiger partial charge in [-0.3, -0.25) is 14.1 Å². The third-order valence-corrected chi connectivity index (χ3v) is 13.8. The number of benzene rings is 1.